The Labute approximate surface area is 108 Å². The first-order chi connectivity index (χ1) is 2.00. The number of hydrogen-bond donors (Lipinski definition) is 0. The molecule has 0 aromatic carbocycles. The van der Waals surface area contributed by atoms with Gasteiger partial charge in [-0.25, -0.2) is 0 Å². The molecule has 40 valence electrons. The first kappa shape index (κ1) is 22.4. The Morgan fingerprint density at radius 3 is 1.00 bits per heavy atom. The molecule has 0 unspecified atom stereocenters. The van der Waals surface area contributed by atoms with Crippen LogP contribution in [0.1, 0.15) is 0 Å². The molecule has 0 amide bonds. The Morgan fingerprint density at radius 2 is 1.00 bits per heavy atom. The fourth-order valence-electron chi connectivity index (χ4n) is 0. The average Bonchev–Trinajstić information content (AvgIpc) is 0.722. The quantitative estimate of drug-likeness (QED) is 0.392. The van der Waals surface area contributed by atoms with Crippen molar-refractivity contribution < 1.29 is 20.7 Å². The Balaban J connectivity index is -0.0000000267. The zero-order valence-electron chi connectivity index (χ0n) is 3.87. The van der Waals surface area contributed by atoms with Crippen LogP contribution in [0.2, 0.25) is 0 Å². The maximum atomic E-state index is 8.61. The van der Waals surface area contributed by atoms with Gasteiger partial charge in [-0.3, -0.25) is 0 Å². The van der Waals surface area contributed by atoms with E-state index in [1.807, 2.05) is 0 Å². The molecule has 0 aliphatic heterocycles. The van der Waals surface area contributed by atoms with E-state index < -0.39 is 14.5 Å². The van der Waals surface area contributed by atoms with E-state index in [1.54, 1.807) is 0 Å². The Hall–Kier alpha value is 2.69. The normalized spacial score (nSPS) is 7.38. The van der Waals surface area contributed by atoms with Crippen LogP contribution in [0.15, 0.2) is 0 Å². The van der Waals surface area contributed by atoms with Gasteiger partial charge in [-0.1, -0.05) is 0 Å². The van der Waals surface area contributed by atoms with Gasteiger partial charge < -0.3 is 4.70 Å². The van der Waals surface area contributed by atoms with Crippen LogP contribution in [0.4, 0.5) is 0 Å². The Kier molecular flexibility index (Phi) is 27.2. The molecule has 0 aliphatic rings. The van der Waals surface area contributed by atoms with Crippen molar-refractivity contribution in [2.24, 2.45) is 0 Å². The molecule has 0 aliphatic carbocycles. The van der Waals surface area contributed by atoms with Crippen LogP contribution in [0.25, 0.3) is 0 Å². The van der Waals surface area contributed by atoms with Crippen LogP contribution in [-0.2, 0) is 3.74 Å². The SMILES string of the molecule is O=[As]([O-])([O-])[O-].[Ca+2].[Ca+2].[F-]. The maximum Gasteiger partial charge on any atom is 2.00 e. The van der Waals surface area contributed by atoms with E-state index in [1.165, 1.54) is 0 Å². The summed E-state index contributed by atoms with van der Waals surface area (Å²) >= 11 is -5.88. The summed E-state index contributed by atoms with van der Waals surface area (Å²) in [4.78, 5) is 0. The molecule has 0 rings (SSSR count). The van der Waals surface area contributed by atoms with Gasteiger partial charge in [0.25, 0.3) is 0 Å². The molecule has 0 N–H and O–H groups in total. The van der Waals surface area contributed by atoms with Gasteiger partial charge in [0.2, 0.25) is 0 Å². The van der Waals surface area contributed by atoms with Crippen LogP contribution in [-0.4, -0.2) is 90.0 Å². The first-order valence-corrected chi connectivity index (χ1v) is 3.79. The molecule has 0 fully saturated rings. The molecule has 0 bridgehead atoms. The molecule has 8 heteroatoms. The average molecular weight is 238 g/mol. The van der Waals surface area contributed by atoms with E-state index in [9.17, 15) is 0 Å². The number of hydrogen-bond acceptors (Lipinski definition) is 4. The summed E-state index contributed by atoms with van der Waals surface area (Å²) in [5.74, 6) is 0. The van der Waals surface area contributed by atoms with Crippen molar-refractivity contribution in [3.8, 4) is 0 Å². The molecule has 0 saturated carbocycles. The van der Waals surface area contributed by atoms with Gasteiger partial charge in [-0.05, 0) is 0 Å². The molecule has 0 radical (unpaired) electrons. The fourth-order valence-corrected chi connectivity index (χ4v) is 0. The molecular weight excluding hydrogens is 238 g/mol. The second kappa shape index (κ2) is 9.69. The summed E-state index contributed by atoms with van der Waals surface area (Å²) in [6.45, 7) is 0. The maximum absolute atomic E-state index is 8.61. The predicted molar refractivity (Wildman–Crippen MR) is 17.9 cm³/mol. The van der Waals surface area contributed by atoms with Gasteiger partial charge in [0.1, 0.15) is 0 Å². The topological polar surface area (TPSA) is 86.2 Å². The molecular formula is AsCa2FO4. The van der Waals surface area contributed by atoms with E-state index in [0.717, 1.165) is 0 Å². The molecule has 0 atom stereocenters. The van der Waals surface area contributed by atoms with Crippen molar-refractivity contribution in [1.82, 2.24) is 0 Å². The van der Waals surface area contributed by atoms with Gasteiger partial charge >= 0.3 is 106 Å². The molecule has 8 heavy (non-hydrogen) atoms. The van der Waals surface area contributed by atoms with Crippen molar-refractivity contribution in [2.45, 2.75) is 0 Å². The van der Waals surface area contributed by atoms with Gasteiger partial charge in [0, 0.05) is 0 Å². The van der Waals surface area contributed by atoms with E-state index >= 15 is 0 Å². The number of halogens is 1. The molecule has 0 spiro atoms. The van der Waals surface area contributed by atoms with Crippen LogP contribution < -0.4 is 17.0 Å². The largest absolute Gasteiger partial charge is 2.00 e. The predicted octanol–water partition coefficient (Wildman–Crippen LogP) is -7.82. The zero-order chi connectivity index (χ0) is 4.50. The summed E-state index contributed by atoms with van der Waals surface area (Å²) in [7, 11) is 0. The summed E-state index contributed by atoms with van der Waals surface area (Å²) < 4.78 is 34.4. The molecule has 0 aromatic rings. The van der Waals surface area contributed by atoms with Gasteiger partial charge in [0.05, 0.1) is 0 Å². The number of rotatable bonds is 0. The second-order valence-corrected chi connectivity index (χ2v) is 2.32. The van der Waals surface area contributed by atoms with Crippen molar-refractivity contribution in [3.05, 3.63) is 0 Å². The second-order valence-electron chi connectivity index (χ2n) is 0.447. The molecule has 4 nitrogen and oxygen atoms in total. The van der Waals surface area contributed by atoms with E-state index in [2.05, 4.69) is 0 Å². The van der Waals surface area contributed by atoms with Crippen molar-refractivity contribution >= 4 is 90.0 Å². The minimum atomic E-state index is -5.88. The third-order valence-corrected chi connectivity index (χ3v) is 0. The van der Waals surface area contributed by atoms with Crippen molar-refractivity contribution in [1.29, 1.82) is 0 Å². The third-order valence-electron chi connectivity index (χ3n) is 0. The van der Waals surface area contributed by atoms with E-state index in [-0.39, 0.29) is 80.2 Å². The zero-order valence-corrected chi connectivity index (χ0v) is 10.2. The minimum Gasteiger partial charge on any atom is -1.00 e. The Morgan fingerprint density at radius 1 is 1.00 bits per heavy atom. The summed E-state index contributed by atoms with van der Waals surface area (Å²) in [5.41, 5.74) is 0. The Bertz CT molecular complexity index is 60.2. The molecule has 0 saturated heterocycles. The first-order valence-electron chi connectivity index (χ1n) is 0.730. The summed E-state index contributed by atoms with van der Waals surface area (Å²) in [6, 6.07) is 0. The summed E-state index contributed by atoms with van der Waals surface area (Å²) in [6.07, 6.45) is 0. The van der Waals surface area contributed by atoms with E-state index in [0.29, 0.717) is 0 Å². The van der Waals surface area contributed by atoms with Crippen LogP contribution in [0.3, 0.4) is 0 Å². The van der Waals surface area contributed by atoms with E-state index in [4.69, 9.17) is 16.0 Å². The van der Waals surface area contributed by atoms with Gasteiger partial charge in [-0.15, -0.1) is 0 Å². The van der Waals surface area contributed by atoms with Crippen LogP contribution >= 0.6 is 0 Å². The summed E-state index contributed by atoms with van der Waals surface area (Å²) in [5, 5.41) is 0. The van der Waals surface area contributed by atoms with Crippen LogP contribution in [0, 0.1) is 0 Å². The molecule has 0 aromatic heterocycles. The van der Waals surface area contributed by atoms with Crippen molar-refractivity contribution in [3.63, 3.8) is 0 Å². The smallest absolute Gasteiger partial charge is 1.00 e. The van der Waals surface area contributed by atoms with Crippen molar-refractivity contribution in [2.75, 3.05) is 0 Å². The van der Waals surface area contributed by atoms with Crippen LogP contribution in [0.5, 0.6) is 0 Å². The third kappa shape index (κ3) is 71.1. The van der Waals surface area contributed by atoms with Gasteiger partial charge in [0.15, 0.2) is 0 Å². The minimum absolute atomic E-state index is 0. The monoisotopic (exact) mass is 238 g/mol. The van der Waals surface area contributed by atoms with Gasteiger partial charge in [-0.2, -0.15) is 0 Å². The molecule has 0 heterocycles. The standard InChI is InChI=1S/AsH3O4.2Ca.FH/c2-1(3,4)5;;;/h(H3,2,3,4,5);;;1H/q;2*+2;/p-4. The fraction of sp³-hybridized carbons (Fsp3) is 0.